The van der Waals surface area contributed by atoms with Crippen LogP contribution in [0.5, 0.6) is 5.75 Å². The summed E-state index contributed by atoms with van der Waals surface area (Å²) in [4.78, 5) is 10.6. The Bertz CT molecular complexity index is 404. The van der Waals surface area contributed by atoms with Crippen molar-refractivity contribution in [2.75, 3.05) is 13.2 Å². The minimum Gasteiger partial charge on any atom is -0.491 e. The molecule has 1 rings (SSSR count). The third kappa shape index (κ3) is 5.73. The molecular weight excluding hydrogens is 247 g/mol. The summed E-state index contributed by atoms with van der Waals surface area (Å²) in [6.45, 7) is 4.28. The highest BCUT2D eigenvalue weighted by molar-refractivity contribution is 5.65. The Labute approximate surface area is 113 Å². The lowest BCUT2D eigenvalue weighted by atomic mass is 10.1. The van der Waals surface area contributed by atoms with Crippen molar-refractivity contribution in [1.29, 1.82) is 0 Å². The summed E-state index contributed by atoms with van der Waals surface area (Å²) < 4.78 is 24.2. The molecule has 0 radical (unpaired) electrons. The van der Waals surface area contributed by atoms with Gasteiger partial charge in [-0.05, 0) is 37.3 Å². The quantitative estimate of drug-likeness (QED) is 0.534. The lowest BCUT2D eigenvalue weighted by molar-refractivity contribution is -0.141. The molecule has 0 amide bonds. The van der Waals surface area contributed by atoms with E-state index in [1.807, 2.05) is 6.92 Å². The second-order valence-electron chi connectivity index (χ2n) is 4.37. The summed E-state index contributed by atoms with van der Waals surface area (Å²) in [5.41, 5.74) is 0.649. The number of rotatable bonds is 8. The molecule has 1 aromatic rings. The fourth-order valence-electron chi connectivity index (χ4n) is 1.71. The predicted molar refractivity (Wildman–Crippen MR) is 71.8 cm³/mol. The van der Waals surface area contributed by atoms with Crippen LogP contribution >= 0.6 is 0 Å². The maximum Gasteiger partial charge on any atom is 0.302 e. The van der Waals surface area contributed by atoms with Gasteiger partial charge in [0.1, 0.15) is 0 Å². The summed E-state index contributed by atoms with van der Waals surface area (Å²) in [5, 5.41) is 0. The largest absolute Gasteiger partial charge is 0.491 e. The molecule has 0 aromatic heterocycles. The summed E-state index contributed by atoms with van der Waals surface area (Å²) in [6, 6.07) is 5.21. The third-order valence-electron chi connectivity index (χ3n) is 2.65. The zero-order valence-corrected chi connectivity index (χ0v) is 11.6. The average molecular weight is 268 g/mol. The lowest BCUT2D eigenvalue weighted by Gasteiger charge is -2.09. The maximum absolute atomic E-state index is 14.0. The first kappa shape index (κ1) is 15.5. The van der Waals surface area contributed by atoms with Crippen molar-refractivity contribution in [1.82, 2.24) is 0 Å². The van der Waals surface area contributed by atoms with Crippen LogP contribution in [0.4, 0.5) is 4.39 Å². The van der Waals surface area contributed by atoms with Crippen LogP contribution in [0.2, 0.25) is 0 Å². The van der Waals surface area contributed by atoms with Crippen molar-refractivity contribution >= 4 is 5.97 Å². The number of hydrogen-bond donors (Lipinski definition) is 0. The zero-order chi connectivity index (χ0) is 14.1. The molecule has 0 atom stereocenters. The number of aryl methyl sites for hydroxylation is 1. The Morgan fingerprint density at radius 3 is 2.74 bits per heavy atom. The molecular formula is C15H21FO3. The van der Waals surface area contributed by atoms with E-state index in [4.69, 9.17) is 9.47 Å². The van der Waals surface area contributed by atoms with Crippen LogP contribution in [0.3, 0.4) is 0 Å². The van der Waals surface area contributed by atoms with Gasteiger partial charge >= 0.3 is 5.97 Å². The van der Waals surface area contributed by atoms with E-state index in [9.17, 15) is 9.18 Å². The van der Waals surface area contributed by atoms with Crippen molar-refractivity contribution < 1.29 is 18.7 Å². The van der Waals surface area contributed by atoms with Crippen molar-refractivity contribution in [2.45, 2.75) is 39.5 Å². The fraction of sp³-hybridized carbons (Fsp3) is 0.533. The van der Waals surface area contributed by atoms with Gasteiger partial charge < -0.3 is 9.47 Å². The number of halogens is 1. The molecule has 106 valence electrons. The molecule has 19 heavy (non-hydrogen) atoms. The van der Waals surface area contributed by atoms with E-state index in [1.54, 1.807) is 18.2 Å². The van der Waals surface area contributed by atoms with Gasteiger partial charge in [-0.25, -0.2) is 4.39 Å². The van der Waals surface area contributed by atoms with Gasteiger partial charge in [0, 0.05) is 6.92 Å². The van der Waals surface area contributed by atoms with Gasteiger partial charge in [-0.3, -0.25) is 4.79 Å². The molecule has 0 aliphatic carbocycles. The van der Waals surface area contributed by atoms with E-state index in [0.29, 0.717) is 30.9 Å². The molecule has 0 heterocycles. The first-order valence-electron chi connectivity index (χ1n) is 6.68. The van der Waals surface area contributed by atoms with Crippen molar-refractivity contribution in [3.8, 4) is 5.75 Å². The third-order valence-corrected chi connectivity index (χ3v) is 2.65. The first-order valence-corrected chi connectivity index (χ1v) is 6.68. The Hall–Kier alpha value is -1.58. The monoisotopic (exact) mass is 268 g/mol. The Morgan fingerprint density at radius 2 is 2.05 bits per heavy atom. The Morgan fingerprint density at radius 1 is 1.26 bits per heavy atom. The van der Waals surface area contributed by atoms with Crippen LogP contribution in [0, 0.1) is 5.82 Å². The number of benzene rings is 1. The number of esters is 1. The molecule has 1 aromatic carbocycles. The Kier molecular flexibility index (Phi) is 6.93. The predicted octanol–water partition coefficient (Wildman–Crippen LogP) is 3.50. The number of carbonyl (C=O) groups excluding carboxylic acids is 1. The molecule has 3 nitrogen and oxygen atoms in total. The highest BCUT2D eigenvalue weighted by Crippen LogP contribution is 2.22. The van der Waals surface area contributed by atoms with Gasteiger partial charge in [-0.2, -0.15) is 0 Å². The van der Waals surface area contributed by atoms with Crippen LogP contribution in [0.25, 0.3) is 0 Å². The molecule has 0 unspecified atom stereocenters. The van der Waals surface area contributed by atoms with Gasteiger partial charge in [0.25, 0.3) is 0 Å². The van der Waals surface area contributed by atoms with Crippen LogP contribution in [0.1, 0.15) is 38.7 Å². The average Bonchev–Trinajstić information content (AvgIpc) is 2.38. The van der Waals surface area contributed by atoms with E-state index in [1.165, 1.54) is 6.92 Å². The molecule has 0 fully saturated rings. The van der Waals surface area contributed by atoms with Gasteiger partial charge in [0.15, 0.2) is 11.6 Å². The minimum absolute atomic E-state index is 0.275. The SMILES string of the molecule is CCCOc1cccc(CCCCOC(C)=O)c1F. The van der Waals surface area contributed by atoms with E-state index in [-0.39, 0.29) is 11.8 Å². The summed E-state index contributed by atoms with van der Waals surface area (Å²) in [5.74, 6) is -0.232. The van der Waals surface area contributed by atoms with E-state index >= 15 is 0 Å². The number of hydrogen-bond acceptors (Lipinski definition) is 3. The van der Waals surface area contributed by atoms with Gasteiger partial charge in [-0.15, -0.1) is 0 Å². The van der Waals surface area contributed by atoms with Crippen molar-refractivity contribution in [3.63, 3.8) is 0 Å². The zero-order valence-electron chi connectivity index (χ0n) is 11.6. The molecule has 0 aliphatic rings. The number of unbranched alkanes of at least 4 members (excludes halogenated alkanes) is 1. The number of carbonyl (C=O) groups is 1. The van der Waals surface area contributed by atoms with Crippen molar-refractivity contribution in [3.05, 3.63) is 29.6 Å². The molecule has 0 saturated carbocycles. The standard InChI is InChI=1S/C15H21FO3/c1-3-10-19-14-9-6-8-13(15(14)16)7-4-5-11-18-12(2)17/h6,8-9H,3-5,7,10-11H2,1-2H3. The topological polar surface area (TPSA) is 35.5 Å². The van der Waals surface area contributed by atoms with Crippen LogP contribution in [-0.4, -0.2) is 19.2 Å². The highest BCUT2D eigenvalue weighted by atomic mass is 19.1. The van der Waals surface area contributed by atoms with E-state index in [0.717, 1.165) is 19.3 Å². The van der Waals surface area contributed by atoms with Crippen LogP contribution < -0.4 is 4.74 Å². The lowest BCUT2D eigenvalue weighted by Crippen LogP contribution is -2.02. The highest BCUT2D eigenvalue weighted by Gasteiger charge is 2.08. The van der Waals surface area contributed by atoms with E-state index in [2.05, 4.69) is 0 Å². The molecule has 0 saturated heterocycles. The molecule has 0 N–H and O–H groups in total. The second kappa shape index (κ2) is 8.51. The molecule has 0 spiro atoms. The Balaban J connectivity index is 2.42. The minimum atomic E-state index is -0.277. The maximum atomic E-state index is 14.0. The van der Waals surface area contributed by atoms with Gasteiger partial charge in [0.2, 0.25) is 0 Å². The van der Waals surface area contributed by atoms with Gasteiger partial charge in [-0.1, -0.05) is 19.1 Å². The fourth-order valence-corrected chi connectivity index (χ4v) is 1.71. The molecule has 0 bridgehead atoms. The van der Waals surface area contributed by atoms with Crippen LogP contribution in [0.15, 0.2) is 18.2 Å². The second-order valence-corrected chi connectivity index (χ2v) is 4.37. The van der Waals surface area contributed by atoms with Crippen LogP contribution in [-0.2, 0) is 16.0 Å². The van der Waals surface area contributed by atoms with Gasteiger partial charge in [0.05, 0.1) is 13.2 Å². The summed E-state index contributed by atoms with van der Waals surface area (Å²) >= 11 is 0. The normalized spacial score (nSPS) is 10.3. The molecule has 4 heteroatoms. The first-order chi connectivity index (χ1) is 9.15. The summed E-state index contributed by atoms with van der Waals surface area (Å²) in [6.07, 6.45) is 2.99. The van der Waals surface area contributed by atoms with E-state index < -0.39 is 0 Å². The molecule has 0 aliphatic heterocycles. The van der Waals surface area contributed by atoms with Crippen molar-refractivity contribution in [2.24, 2.45) is 0 Å². The smallest absolute Gasteiger partial charge is 0.302 e. The number of ether oxygens (including phenoxy) is 2. The summed E-state index contributed by atoms with van der Waals surface area (Å²) in [7, 11) is 0.